The highest BCUT2D eigenvalue weighted by Crippen LogP contribution is 2.17. The second kappa shape index (κ2) is 6.30. The van der Waals surface area contributed by atoms with Crippen molar-refractivity contribution in [2.24, 2.45) is 0 Å². The second-order valence-corrected chi connectivity index (χ2v) is 5.25. The predicted octanol–water partition coefficient (Wildman–Crippen LogP) is 3.14. The molecule has 0 aliphatic carbocycles. The molecule has 0 atom stereocenters. The number of aromatic nitrogens is 2. The molecule has 0 saturated carbocycles. The molecule has 2 rings (SSSR count). The number of benzene rings is 1. The molecule has 6 heteroatoms. The average Bonchev–Trinajstić information content (AvgIpc) is 2.47. The molecular weight excluding hydrogens is 268 g/mol. The fraction of sp³-hybridized carbons (Fsp3) is 0.333. The first-order valence-corrected chi connectivity index (χ1v) is 6.74. The first-order valence-electron chi connectivity index (χ1n) is 6.74. The zero-order valence-electron chi connectivity index (χ0n) is 12.4. The summed E-state index contributed by atoms with van der Waals surface area (Å²) in [5.41, 5.74) is 2.34. The molecule has 0 N–H and O–H groups in total. The fourth-order valence-electron chi connectivity index (χ4n) is 1.96. The topological polar surface area (TPSA) is 72.2 Å². The summed E-state index contributed by atoms with van der Waals surface area (Å²) < 4.78 is 0. The fourth-order valence-corrected chi connectivity index (χ4v) is 1.96. The van der Waals surface area contributed by atoms with Crippen LogP contribution in [0.25, 0.3) is 0 Å². The van der Waals surface area contributed by atoms with Crippen LogP contribution in [0, 0.1) is 10.1 Å². The number of nitrogens with zero attached hydrogens (tertiary/aromatic N) is 4. The molecule has 0 radical (unpaired) electrons. The minimum atomic E-state index is -0.506. The molecule has 1 aromatic heterocycles. The van der Waals surface area contributed by atoms with E-state index in [-0.39, 0.29) is 5.69 Å². The number of rotatable bonds is 5. The van der Waals surface area contributed by atoms with E-state index in [9.17, 15) is 10.1 Å². The van der Waals surface area contributed by atoms with Gasteiger partial charge in [-0.25, -0.2) is 9.97 Å². The Morgan fingerprint density at radius 3 is 2.24 bits per heavy atom. The first-order chi connectivity index (χ1) is 9.97. The van der Waals surface area contributed by atoms with Crippen molar-refractivity contribution in [2.75, 3.05) is 11.9 Å². The van der Waals surface area contributed by atoms with Crippen LogP contribution in [0.1, 0.15) is 30.9 Å². The third-order valence-electron chi connectivity index (χ3n) is 3.24. The lowest BCUT2D eigenvalue weighted by molar-refractivity contribution is -0.385. The summed E-state index contributed by atoms with van der Waals surface area (Å²) >= 11 is 0. The molecular formula is C15H18N4O2. The standard InChI is InChI=1S/C15H18N4O2/c1-11(2)13-6-4-12(5-7-13)10-18(3)15-16-8-14(9-17-15)19(20)21/h4-9,11H,10H2,1-3H3. The van der Waals surface area contributed by atoms with Crippen molar-refractivity contribution in [2.45, 2.75) is 26.3 Å². The summed E-state index contributed by atoms with van der Waals surface area (Å²) in [6, 6.07) is 8.39. The van der Waals surface area contributed by atoms with Gasteiger partial charge in [-0.3, -0.25) is 10.1 Å². The number of hydrogen-bond donors (Lipinski definition) is 0. The van der Waals surface area contributed by atoms with Crippen LogP contribution < -0.4 is 4.90 Å². The van der Waals surface area contributed by atoms with Crippen molar-refractivity contribution in [3.8, 4) is 0 Å². The Morgan fingerprint density at radius 1 is 1.19 bits per heavy atom. The van der Waals surface area contributed by atoms with Crippen molar-refractivity contribution in [3.05, 3.63) is 57.9 Å². The van der Waals surface area contributed by atoms with E-state index < -0.39 is 4.92 Å². The van der Waals surface area contributed by atoms with Gasteiger partial charge in [0.15, 0.2) is 0 Å². The lowest BCUT2D eigenvalue weighted by atomic mass is 10.0. The molecule has 1 heterocycles. The number of anilines is 1. The maximum absolute atomic E-state index is 10.6. The summed E-state index contributed by atoms with van der Waals surface area (Å²) in [5.74, 6) is 0.975. The number of nitro groups is 1. The smallest absolute Gasteiger partial charge is 0.305 e. The molecule has 1 aromatic carbocycles. The third kappa shape index (κ3) is 3.75. The van der Waals surface area contributed by atoms with E-state index in [2.05, 4.69) is 48.1 Å². The summed E-state index contributed by atoms with van der Waals surface area (Å²) in [4.78, 5) is 20.0. The molecule has 0 spiro atoms. The predicted molar refractivity (Wildman–Crippen MR) is 81.3 cm³/mol. The Labute approximate surface area is 123 Å². The van der Waals surface area contributed by atoms with Crippen LogP contribution in [0.2, 0.25) is 0 Å². The second-order valence-electron chi connectivity index (χ2n) is 5.25. The summed E-state index contributed by atoms with van der Waals surface area (Å²) in [5, 5.41) is 10.6. The lowest BCUT2D eigenvalue weighted by Crippen LogP contribution is -2.19. The van der Waals surface area contributed by atoms with Crippen LogP contribution in [0.15, 0.2) is 36.7 Å². The van der Waals surface area contributed by atoms with E-state index in [0.29, 0.717) is 18.4 Å². The zero-order chi connectivity index (χ0) is 15.4. The zero-order valence-corrected chi connectivity index (χ0v) is 12.4. The van der Waals surface area contributed by atoms with Crippen molar-refractivity contribution in [1.82, 2.24) is 9.97 Å². The molecule has 0 amide bonds. The maximum Gasteiger partial charge on any atom is 0.305 e. The monoisotopic (exact) mass is 286 g/mol. The van der Waals surface area contributed by atoms with Crippen molar-refractivity contribution >= 4 is 11.6 Å². The van der Waals surface area contributed by atoms with Crippen LogP contribution in [0.5, 0.6) is 0 Å². The molecule has 0 aliphatic rings. The van der Waals surface area contributed by atoms with E-state index in [1.54, 1.807) is 0 Å². The van der Waals surface area contributed by atoms with Crippen molar-refractivity contribution in [3.63, 3.8) is 0 Å². The largest absolute Gasteiger partial charge is 0.340 e. The Kier molecular flexibility index (Phi) is 4.47. The average molecular weight is 286 g/mol. The molecule has 0 fully saturated rings. The molecule has 21 heavy (non-hydrogen) atoms. The van der Waals surface area contributed by atoms with Gasteiger partial charge in [-0.1, -0.05) is 38.1 Å². The minimum Gasteiger partial charge on any atom is -0.340 e. The van der Waals surface area contributed by atoms with Gasteiger partial charge in [0.1, 0.15) is 12.4 Å². The van der Waals surface area contributed by atoms with Crippen molar-refractivity contribution in [1.29, 1.82) is 0 Å². The molecule has 0 saturated heterocycles. The quantitative estimate of drug-likeness (QED) is 0.623. The molecule has 0 unspecified atom stereocenters. The van der Waals surface area contributed by atoms with Crippen molar-refractivity contribution < 1.29 is 4.92 Å². The van der Waals surface area contributed by atoms with Crippen LogP contribution >= 0.6 is 0 Å². The van der Waals surface area contributed by atoms with Gasteiger partial charge in [0.25, 0.3) is 0 Å². The highest BCUT2D eigenvalue weighted by Gasteiger charge is 2.10. The lowest BCUT2D eigenvalue weighted by Gasteiger charge is -2.17. The summed E-state index contributed by atoms with van der Waals surface area (Å²) in [7, 11) is 1.86. The Hall–Kier alpha value is -2.50. The van der Waals surface area contributed by atoms with Gasteiger partial charge in [-0.15, -0.1) is 0 Å². The molecule has 110 valence electrons. The Bertz CT molecular complexity index is 609. The van der Waals surface area contributed by atoms with Gasteiger partial charge in [0.05, 0.1) is 4.92 Å². The highest BCUT2D eigenvalue weighted by molar-refractivity contribution is 5.35. The Morgan fingerprint density at radius 2 is 1.76 bits per heavy atom. The van der Waals surface area contributed by atoms with Gasteiger partial charge in [-0.05, 0) is 17.0 Å². The first kappa shape index (κ1) is 14.9. The van der Waals surface area contributed by atoms with Gasteiger partial charge >= 0.3 is 5.69 Å². The van der Waals surface area contributed by atoms with E-state index >= 15 is 0 Å². The SMILES string of the molecule is CC(C)c1ccc(CN(C)c2ncc([N+](=O)[O-])cn2)cc1. The van der Waals surface area contributed by atoms with Crippen LogP contribution in [-0.4, -0.2) is 21.9 Å². The van der Waals surface area contributed by atoms with Crippen LogP contribution in [0.4, 0.5) is 11.6 Å². The third-order valence-corrected chi connectivity index (χ3v) is 3.24. The maximum atomic E-state index is 10.6. The van der Waals surface area contributed by atoms with E-state index in [0.717, 1.165) is 5.56 Å². The minimum absolute atomic E-state index is 0.103. The van der Waals surface area contributed by atoms with E-state index in [1.165, 1.54) is 18.0 Å². The van der Waals surface area contributed by atoms with Gasteiger partial charge < -0.3 is 4.90 Å². The number of hydrogen-bond acceptors (Lipinski definition) is 5. The Balaban J connectivity index is 2.06. The van der Waals surface area contributed by atoms with Gasteiger partial charge in [-0.2, -0.15) is 0 Å². The van der Waals surface area contributed by atoms with E-state index in [4.69, 9.17) is 0 Å². The molecule has 0 bridgehead atoms. The molecule has 0 aliphatic heterocycles. The highest BCUT2D eigenvalue weighted by atomic mass is 16.6. The summed E-state index contributed by atoms with van der Waals surface area (Å²) in [6.45, 7) is 4.97. The van der Waals surface area contributed by atoms with Crippen LogP contribution in [-0.2, 0) is 6.54 Å². The molecule has 6 nitrogen and oxygen atoms in total. The summed E-state index contributed by atoms with van der Waals surface area (Å²) in [6.07, 6.45) is 2.45. The van der Waals surface area contributed by atoms with Gasteiger partial charge in [0.2, 0.25) is 5.95 Å². The normalized spacial score (nSPS) is 10.7. The van der Waals surface area contributed by atoms with Gasteiger partial charge in [0, 0.05) is 13.6 Å². The van der Waals surface area contributed by atoms with E-state index in [1.807, 2.05) is 11.9 Å². The molecule has 2 aromatic rings. The van der Waals surface area contributed by atoms with Crippen LogP contribution in [0.3, 0.4) is 0 Å².